The molecule has 3 rings (SSSR count). The van der Waals surface area contributed by atoms with E-state index in [4.69, 9.17) is 0 Å². The van der Waals surface area contributed by atoms with Crippen LogP contribution in [0.15, 0.2) is 46.2 Å². The highest BCUT2D eigenvalue weighted by molar-refractivity contribution is 5.96. The Morgan fingerprint density at radius 2 is 1.71 bits per heavy atom. The third-order valence-corrected chi connectivity index (χ3v) is 4.25. The first-order chi connectivity index (χ1) is 13.3. The van der Waals surface area contributed by atoms with Crippen LogP contribution in [0.1, 0.15) is 29.0 Å². The van der Waals surface area contributed by atoms with Crippen molar-refractivity contribution < 1.29 is 9.90 Å². The molecule has 0 aliphatic rings. The van der Waals surface area contributed by atoms with Gasteiger partial charge in [-0.3, -0.25) is 14.4 Å². The van der Waals surface area contributed by atoms with E-state index in [2.05, 4.69) is 20.6 Å². The Kier molecular flexibility index (Phi) is 5.08. The first kappa shape index (κ1) is 19.0. The molecule has 0 aliphatic heterocycles. The van der Waals surface area contributed by atoms with Gasteiger partial charge in [-0.15, -0.1) is 0 Å². The molecule has 0 spiro atoms. The first-order valence-corrected chi connectivity index (χ1v) is 8.48. The van der Waals surface area contributed by atoms with Crippen LogP contribution in [0.4, 0.5) is 17.2 Å². The number of nitrogens with one attached hydrogen (secondary N) is 2. The molecule has 0 radical (unpaired) electrons. The Balaban J connectivity index is 1.88. The SMILES string of the molecule is C[C@@H](Nc1c(Nc2ncnc(C(=O)N(C)C)c2O)c(=O)c1=O)c1ccccc1. The number of nitrogens with zero attached hydrogens (tertiary/aromatic N) is 3. The third-order valence-electron chi connectivity index (χ3n) is 4.25. The fourth-order valence-corrected chi connectivity index (χ4v) is 2.65. The van der Waals surface area contributed by atoms with Gasteiger partial charge in [-0.2, -0.15) is 0 Å². The number of aromatic hydroxyl groups is 1. The van der Waals surface area contributed by atoms with Crippen molar-refractivity contribution in [3.05, 3.63) is 68.4 Å². The molecule has 0 fully saturated rings. The summed E-state index contributed by atoms with van der Waals surface area (Å²) < 4.78 is 0. The fraction of sp³-hybridized carbons (Fsp3) is 0.211. The van der Waals surface area contributed by atoms with Gasteiger partial charge in [-0.05, 0) is 12.5 Å². The zero-order valence-electron chi connectivity index (χ0n) is 15.6. The van der Waals surface area contributed by atoms with Gasteiger partial charge >= 0.3 is 0 Å². The molecule has 9 nitrogen and oxygen atoms in total. The fourth-order valence-electron chi connectivity index (χ4n) is 2.65. The molecule has 3 aromatic rings. The van der Waals surface area contributed by atoms with Crippen LogP contribution in [0.25, 0.3) is 0 Å². The summed E-state index contributed by atoms with van der Waals surface area (Å²) in [7, 11) is 3.03. The van der Waals surface area contributed by atoms with E-state index in [1.165, 1.54) is 19.0 Å². The number of carbonyl (C=O) groups is 1. The molecule has 1 aromatic heterocycles. The van der Waals surface area contributed by atoms with Gasteiger partial charge in [0.05, 0.1) is 0 Å². The van der Waals surface area contributed by atoms with Crippen molar-refractivity contribution >= 4 is 23.1 Å². The topological polar surface area (TPSA) is 125 Å². The number of hydrogen-bond donors (Lipinski definition) is 3. The summed E-state index contributed by atoms with van der Waals surface area (Å²) in [5.74, 6) is -1.16. The molecule has 144 valence electrons. The van der Waals surface area contributed by atoms with E-state index < -0.39 is 22.5 Å². The predicted molar refractivity (Wildman–Crippen MR) is 105 cm³/mol. The van der Waals surface area contributed by atoms with Crippen molar-refractivity contribution in [3.8, 4) is 5.75 Å². The Morgan fingerprint density at radius 1 is 1.07 bits per heavy atom. The van der Waals surface area contributed by atoms with Crippen LogP contribution >= 0.6 is 0 Å². The quantitative estimate of drug-likeness (QED) is 0.547. The maximum atomic E-state index is 12.1. The van der Waals surface area contributed by atoms with E-state index in [0.29, 0.717) is 0 Å². The third kappa shape index (κ3) is 3.41. The summed E-state index contributed by atoms with van der Waals surface area (Å²) in [5, 5.41) is 15.9. The molecule has 0 bridgehead atoms. The maximum absolute atomic E-state index is 12.1. The smallest absolute Gasteiger partial charge is 0.276 e. The number of hydrogen-bond acceptors (Lipinski definition) is 8. The van der Waals surface area contributed by atoms with Gasteiger partial charge < -0.3 is 20.6 Å². The molecule has 28 heavy (non-hydrogen) atoms. The monoisotopic (exact) mass is 381 g/mol. The Morgan fingerprint density at radius 3 is 2.36 bits per heavy atom. The van der Waals surface area contributed by atoms with E-state index in [0.717, 1.165) is 11.9 Å². The minimum absolute atomic E-state index is 0.0231. The van der Waals surface area contributed by atoms with Gasteiger partial charge in [0, 0.05) is 20.1 Å². The number of amides is 1. The second-order valence-electron chi connectivity index (χ2n) is 6.43. The van der Waals surface area contributed by atoms with Crippen LogP contribution < -0.4 is 21.5 Å². The highest BCUT2D eigenvalue weighted by Gasteiger charge is 2.25. The lowest BCUT2D eigenvalue weighted by atomic mass is 10.1. The summed E-state index contributed by atoms with van der Waals surface area (Å²) >= 11 is 0. The lowest BCUT2D eigenvalue weighted by molar-refractivity contribution is 0.0818. The van der Waals surface area contributed by atoms with Crippen molar-refractivity contribution in [3.63, 3.8) is 0 Å². The molecular formula is C19H19N5O4. The number of anilines is 3. The summed E-state index contributed by atoms with van der Waals surface area (Å²) in [4.78, 5) is 45.0. The van der Waals surface area contributed by atoms with E-state index in [1.54, 1.807) is 0 Å². The average Bonchev–Trinajstić information content (AvgIpc) is 2.71. The zero-order chi connectivity index (χ0) is 20.4. The Hall–Kier alpha value is -3.75. The molecular weight excluding hydrogens is 362 g/mol. The number of aromatic nitrogens is 2. The van der Waals surface area contributed by atoms with Crippen LogP contribution in [0.2, 0.25) is 0 Å². The van der Waals surface area contributed by atoms with E-state index >= 15 is 0 Å². The van der Waals surface area contributed by atoms with Gasteiger partial charge in [-0.25, -0.2) is 9.97 Å². The van der Waals surface area contributed by atoms with Gasteiger partial charge in [0.1, 0.15) is 17.7 Å². The van der Waals surface area contributed by atoms with Gasteiger partial charge in [0.2, 0.25) is 0 Å². The highest BCUT2D eigenvalue weighted by Crippen LogP contribution is 2.30. The molecule has 0 aliphatic carbocycles. The molecule has 0 saturated heterocycles. The Bertz CT molecular complexity index is 1090. The minimum Gasteiger partial charge on any atom is -0.503 e. The summed E-state index contributed by atoms with van der Waals surface area (Å²) in [6.45, 7) is 1.85. The standard InChI is InChI=1S/C19H19N5O4/c1-10(11-7-5-4-6-8-11)22-12-13(16(26)15(12)25)23-18-17(27)14(20-9-21-18)19(28)24(2)3/h4-10,22,27H,1-3H3,(H,20,21,23)/t10-/m1/s1. The number of carbonyl (C=O) groups excluding carboxylic acids is 1. The van der Waals surface area contributed by atoms with Crippen molar-refractivity contribution in [1.82, 2.24) is 14.9 Å². The van der Waals surface area contributed by atoms with Gasteiger partial charge in [0.25, 0.3) is 16.8 Å². The zero-order valence-corrected chi connectivity index (χ0v) is 15.6. The van der Waals surface area contributed by atoms with Crippen LogP contribution in [0, 0.1) is 0 Å². The minimum atomic E-state index is -0.735. The summed E-state index contributed by atoms with van der Waals surface area (Å²) in [5.41, 5.74) is -0.604. The molecule has 0 unspecified atom stereocenters. The molecule has 0 saturated carbocycles. The molecule has 1 atom stereocenters. The van der Waals surface area contributed by atoms with Crippen LogP contribution in [0.3, 0.4) is 0 Å². The predicted octanol–water partition coefficient (Wildman–Crippen LogP) is 1.40. The van der Waals surface area contributed by atoms with E-state index in [-0.39, 0.29) is 28.9 Å². The molecule has 1 heterocycles. The number of rotatable bonds is 6. The highest BCUT2D eigenvalue weighted by atomic mass is 16.3. The Labute approximate surface area is 160 Å². The normalized spacial score (nSPS) is 11.8. The molecule has 1 amide bonds. The lowest BCUT2D eigenvalue weighted by Crippen LogP contribution is -2.37. The summed E-state index contributed by atoms with van der Waals surface area (Å²) in [6.07, 6.45) is 1.09. The van der Waals surface area contributed by atoms with E-state index in [9.17, 15) is 19.5 Å². The molecule has 9 heteroatoms. The summed E-state index contributed by atoms with van der Waals surface area (Å²) in [6, 6.07) is 9.19. The second-order valence-corrected chi connectivity index (χ2v) is 6.43. The van der Waals surface area contributed by atoms with Crippen molar-refractivity contribution in [2.24, 2.45) is 0 Å². The van der Waals surface area contributed by atoms with Crippen LogP contribution in [0.5, 0.6) is 5.75 Å². The maximum Gasteiger partial charge on any atom is 0.276 e. The van der Waals surface area contributed by atoms with Gasteiger partial charge in [-0.1, -0.05) is 30.3 Å². The molecule has 3 N–H and O–H groups in total. The second kappa shape index (κ2) is 7.47. The van der Waals surface area contributed by atoms with Crippen molar-refractivity contribution in [2.45, 2.75) is 13.0 Å². The van der Waals surface area contributed by atoms with E-state index in [1.807, 2.05) is 37.3 Å². The largest absolute Gasteiger partial charge is 0.503 e. The van der Waals surface area contributed by atoms with Crippen LogP contribution in [-0.2, 0) is 0 Å². The average molecular weight is 381 g/mol. The van der Waals surface area contributed by atoms with Crippen molar-refractivity contribution in [2.75, 3.05) is 24.7 Å². The molecule has 2 aromatic carbocycles. The first-order valence-electron chi connectivity index (χ1n) is 8.48. The lowest BCUT2D eigenvalue weighted by Gasteiger charge is -2.20. The van der Waals surface area contributed by atoms with Crippen LogP contribution in [-0.4, -0.2) is 40.0 Å². The van der Waals surface area contributed by atoms with Gasteiger partial charge in [0.15, 0.2) is 17.3 Å². The van der Waals surface area contributed by atoms with Crippen molar-refractivity contribution in [1.29, 1.82) is 0 Å². The number of benzene rings is 1.